The van der Waals surface area contributed by atoms with Gasteiger partial charge in [0.2, 0.25) is 0 Å². The van der Waals surface area contributed by atoms with E-state index >= 15 is 0 Å². The van der Waals surface area contributed by atoms with Gasteiger partial charge in [0.1, 0.15) is 5.75 Å². The van der Waals surface area contributed by atoms with Crippen LogP contribution in [0.25, 0.3) is 0 Å². The topological polar surface area (TPSA) is 49.1 Å². The van der Waals surface area contributed by atoms with Crippen molar-refractivity contribution in [2.75, 3.05) is 11.9 Å². The standard InChI is InChI=1S/C19H14FN3O/c1-23(16-3-2-10-22-13-16)15-5-7-17(8-6-15)24-19-9-4-14(12-21)11-18(19)20/h2-11,13H,1H3. The van der Waals surface area contributed by atoms with Crippen LogP contribution >= 0.6 is 0 Å². The van der Waals surface area contributed by atoms with E-state index in [1.807, 2.05) is 42.3 Å². The SMILES string of the molecule is CN(c1ccc(Oc2ccc(C#N)cc2F)cc1)c1cccnc1. The molecule has 2 aromatic carbocycles. The third-order valence-corrected chi connectivity index (χ3v) is 3.55. The van der Waals surface area contributed by atoms with Gasteiger partial charge in [0.15, 0.2) is 11.6 Å². The summed E-state index contributed by atoms with van der Waals surface area (Å²) in [6.45, 7) is 0. The third kappa shape index (κ3) is 3.33. The number of nitrogens with zero attached hydrogens (tertiary/aromatic N) is 3. The summed E-state index contributed by atoms with van der Waals surface area (Å²) in [5, 5.41) is 8.75. The van der Waals surface area contributed by atoms with Crippen LogP contribution in [-0.2, 0) is 0 Å². The van der Waals surface area contributed by atoms with Gasteiger partial charge in [-0.25, -0.2) is 4.39 Å². The summed E-state index contributed by atoms with van der Waals surface area (Å²) in [6, 6.07) is 17.1. The van der Waals surface area contributed by atoms with Crippen molar-refractivity contribution in [2.45, 2.75) is 0 Å². The number of hydrogen-bond acceptors (Lipinski definition) is 4. The van der Waals surface area contributed by atoms with Crippen LogP contribution in [0.15, 0.2) is 67.0 Å². The quantitative estimate of drug-likeness (QED) is 0.702. The fraction of sp³-hybridized carbons (Fsp3) is 0.0526. The summed E-state index contributed by atoms with van der Waals surface area (Å²) in [7, 11) is 1.94. The zero-order valence-corrected chi connectivity index (χ0v) is 13.0. The molecule has 0 aliphatic carbocycles. The Balaban J connectivity index is 1.77. The Morgan fingerprint density at radius 2 is 1.88 bits per heavy atom. The summed E-state index contributed by atoms with van der Waals surface area (Å²) < 4.78 is 19.4. The second-order valence-electron chi connectivity index (χ2n) is 5.12. The first-order valence-corrected chi connectivity index (χ1v) is 7.29. The van der Waals surface area contributed by atoms with E-state index in [0.717, 1.165) is 17.4 Å². The highest BCUT2D eigenvalue weighted by molar-refractivity contribution is 5.62. The summed E-state index contributed by atoms with van der Waals surface area (Å²) in [4.78, 5) is 6.08. The molecular formula is C19H14FN3O. The smallest absolute Gasteiger partial charge is 0.167 e. The predicted octanol–water partition coefficient (Wildman–Crippen LogP) is 4.65. The molecule has 3 rings (SSSR count). The molecule has 4 nitrogen and oxygen atoms in total. The second-order valence-corrected chi connectivity index (χ2v) is 5.12. The molecule has 0 bridgehead atoms. The van der Waals surface area contributed by atoms with Crippen molar-refractivity contribution >= 4 is 11.4 Å². The number of pyridine rings is 1. The van der Waals surface area contributed by atoms with Crippen LogP contribution in [0.4, 0.5) is 15.8 Å². The Bertz CT molecular complexity index is 873. The molecule has 1 heterocycles. The lowest BCUT2D eigenvalue weighted by molar-refractivity contribution is 0.442. The van der Waals surface area contributed by atoms with Gasteiger partial charge in [-0.05, 0) is 54.6 Å². The van der Waals surface area contributed by atoms with Crippen molar-refractivity contribution in [2.24, 2.45) is 0 Å². The summed E-state index contributed by atoms with van der Waals surface area (Å²) >= 11 is 0. The van der Waals surface area contributed by atoms with Gasteiger partial charge in [0, 0.05) is 18.9 Å². The molecule has 3 aromatic rings. The van der Waals surface area contributed by atoms with Crippen molar-refractivity contribution in [1.29, 1.82) is 5.26 Å². The van der Waals surface area contributed by atoms with E-state index in [2.05, 4.69) is 4.98 Å². The highest BCUT2D eigenvalue weighted by Gasteiger charge is 2.08. The zero-order chi connectivity index (χ0) is 16.9. The predicted molar refractivity (Wildman–Crippen MR) is 89.9 cm³/mol. The molecule has 5 heteroatoms. The maximum Gasteiger partial charge on any atom is 0.167 e. The number of rotatable bonds is 4. The molecule has 0 unspecified atom stereocenters. The molecule has 0 amide bonds. The van der Waals surface area contributed by atoms with Gasteiger partial charge >= 0.3 is 0 Å². The highest BCUT2D eigenvalue weighted by Crippen LogP contribution is 2.28. The first-order chi connectivity index (χ1) is 11.7. The lowest BCUT2D eigenvalue weighted by atomic mass is 10.2. The van der Waals surface area contributed by atoms with Gasteiger partial charge in [0.05, 0.1) is 23.5 Å². The Morgan fingerprint density at radius 1 is 1.08 bits per heavy atom. The van der Waals surface area contributed by atoms with E-state index in [4.69, 9.17) is 10.00 Å². The Hall–Kier alpha value is -3.39. The average molecular weight is 319 g/mol. The average Bonchev–Trinajstić information content (AvgIpc) is 2.64. The van der Waals surface area contributed by atoms with Crippen LogP contribution in [0.1, 0.15) is 5.56 Å². The minimum Gasteiger partial charge on any atom is -0.454 e. The Labute approximate surface area is 139 Å². The van der Waals surface area contributed by atoms with Gasteiger partial charge in [0.25, 0.3) is 0 Å². The number of benzene rings is 2. The van der Waals surface area contributed by atoms with Crippen LogP contribution in [0.3, 0.4) is 0 Å². The molecule has 118 valence electrons. The molecule has 24 heavy (non-hydrogen) atoms. The molecule has 0 saturated carbocycles. The molecule has 0 saturated heterocycles. The molecule has 0 atom stereocenters. The summed E-state index contributed by atoms with van der Waals surface area (Å²) in [5.41, 5.74) is 2.17. The number of aromatic nitrogens is 1. The molecule has 0 fully saturated rings. The monoisotopic (exact) mass is 319 g/mol. The molecule has 0 radical (unpaired) electrons. The molecule has 0 aliphatic rings. The zero-order valence-electron chi connectivity index (χ0n) is 13.0. The molecular weight excluding hydrogens is 305 g/mol. The van der Waals surface area contributed by atoms with Crippen LogP contribution in [0, 0.1) is 17.1 Å². The number of halogens is 1. The summed E-state index contributed by atoms with van der Waals surface area (Å²) in [5.74, 6) is 0.0370. The van der Waals surface area contributed by atoms with E-state index < -0.39 is 5.82 Å². The van der Waals surface area contributed by atoms with Gasteiger partial charge in [-0.3, -0.25) is 4.98 Å². The van der Waals surface area contributed by atoms with Crippen molar-refractivity contribution in [3.05, 3.63) is 78.4 Å². The lowest BCUT2D eigenvalue weighted by Gasteiger charge is -2.19. The van der Waals surface area contributed by atoms with Crippen molar-refractivity contribution < 1.29 is 9.13 Å². The lowest BCUT2D eigenvalue weighted by Crippen LogP contribution is -2.09. The van der Waals surface area contributed by atoms with E-state index in [-0.39, 0.29) is 11.3 Å². The minimum absolute atomic E-state index is 0.0855. The normalized spacial score (nSPS) is 10.0. The Morgan fingerprint density at radius 3 is 2.50 bits per heavy atom. The number of ether oxygens (including phenoxy) is 1. The number of anilines is 2. The van der Waals surface area contributed by atoms with Crippen molar-refractivity contribution in [3.63, 3.8) is 0 Å². The Kier molecular flexibility index (Phi) is 4.39. The fourth-order valence-electron chi connectivity index (χ4n) is 2.22. The van der Waals surface area contributed by atoms with E-state index in [1.54, 1.807) is 24.5 Å². The third-order valence-electron chi connectivity index (χ3n) is 3.55. The first kappa shape index (κ1) is 15.5. The van der Waals surface area contributed by atoms with Crippen LogP contribution in [0.5, 0.6) is 11.5 Å². The molecule has 0 aliphatic heterocycles. The van der Waals surface area contributed by atoms with Gasteiger partial charge in [-0.2, -0.15) is 5.26 Å². The molecule has 0 spiro atoms. The first-order valence-electron chi connectivity index (χ1n) is 7.29. The summed E-state index contributed by atoms with van der Waals surface area (Å²) in [6.07, 6.45) is 3.50. The van der Waals surface area contributed by atoms with Crippen molar-refractivity contribution in [3.8, 4) is 17.6 Å². The largest absolute Gasteiger partial charge is 0.454 e. The molecule has 0 N–H and O–H groups in total. The van der Waals surface area contributed by atoms with Crippen LogP contribution < -0.4 is 9.64 Å². The maximum atomic E-state index is 13.9. The van der Waals surface area contributed by atoms with E-state index in [9.17, 15) is 4.39 Å². The van der Waals surface area contributed by atoms with Gasteiger partial charge in [-0.1, -0.05) is 0 Å². The second kappa shape index (κ2) is 6.80. The number of nitriles is 1. The fourth-order valence-corrected chi connectivity index (χ4v) is 2.22. The number of hydrogen-bond donors (Lipinski definition) is 0. The van der Waals surface area contributed by atoms with Gasteiger partial charge < -0.3 is 9.64 Å². The van der Waals surface area contributed by atoms with Crippen molar-refractivity contribution in [1.82, 2.24) is 4.98 Å². The minimum atomic E-state index is -0.564. The molecule has 1 aromatic heterocycles. The highest BCUT2D eigenvalue weighted by atomic mass is 19.1. The van der Waals surface area contributed by atoms with E-state index in [0.29, 0.717) is 5.75 Å². The van der Waals surface area contributed by atoms with Gasteiger partial charge in [-0.15, -0.1) is 0 Å². The maximum absolute atomic E-state index is 13.9. The van der Waals surface area contributed by atoms with E-state index in [1.165, 1.54) is 12.1 Å². The van der Waals surface area contributed by atoms with Crippen LogP contribution in [-0.4, -0.2) is 12.0 Å². The van der Waals surface area contributed by atoms with Crippen LogP contribution in [0.2, 0.25) is 0 Å².